The average molecular weight is 312 g/mol. The molecule has 0 aliphatic carbocycles. The zero-order chi connectivity index (χ0) is 16.8. The van der Waals surface area contributed by atoms with E-state index < -0.39 is 0 Å². The van der Waals surface area contributed by atoms with Crippen LogP contribution in [0.15, 0.2) is 42.5 Å². The molecule has 0 saturated heterocycles. The second-order valence-electron chi connectivity index (χ2n) is 5.08. The van der Waals surface area contributed by atoms with Crippen molar-refractivity contribution in [3.63, 3.8) is 0 Å². The van der Waals surface area contributed by atoms with Gasteiger partial charge in [0.15, 0.2) is 0 Å². The monoisotopic (exact) mass is 312 g/mol. The molecule has 0 aromatic heterocycles. The molecule has 0 heterocycles. The summed E-state index contributed by atoms with van der Waals surface area (Å²) in [5.41, 5.74) is 2.53. The van der Waals surface area contributed by atoms with Crippen LogP contribution in [0, 0.1) is 6.92 Å². The average Bonchev–Trinajstić information content (AvgIpc) is 2.55. The van der Waals surface area contributed by atoms with Gasteiger partial charge in [-0.25, -0.2) is 0 Å². The van der Waals surface area contributed by atoms with E-state index in [0.29, 0.717) is 29.1 Å². The number of hydrogen-bond donors (Lipinski definition) is 2. The van der Waals surface area contributed by atoms with Crippen LogP contribution < -0.4 is 15.4 Å². The van der Waals surface area contributed by atoms with Gasteiger partial charge in [-0.3, -0.25) is 9.59 Å². The second-order valence-corrected chi connectivity index (χ2v) is 5.08. The highest BCUT2D eigenvalue weighted by atomic mass is 16.5. The number of nitrogens with one attached hydrogen (secondary N) is 2. The van der Waals surface area contributed by atoms with E-state index in [-0.39, 0.29) is 11.8 Å². The lowest BCUT2D eigenvalue weighted by Crippen LogP contribution is -2.22. The number of benzene rings is 2. The number of carbonyl (C=O) groups is 2. The summed E-state index contributed by atoms with van der Waals surface area (Å²) in [6.07, 6.45) is 0. The van der Waals surface area contributed by atoms with Crippen molar-refractivity contribution < 1.29 is 14.3 Å². The molecule has 0 radical (unpaired) electrons. The fraction of sp³-hybridized carbons (Fsp3) is 0.222. The van der Waals surface area contributed by atoms with E-state index in [0.717, 1.165) is 5.56 Å². The van der Waals surface area contributed by atoms with E-state index in [9.17, 15) is 9.59 Å². The largest absolute Gasteiger partial charge is 0.496 e. The van der Waals surface area contributed by atoms with Crippen LogP contribution in [0.5, 0.6) is 5.75 Å². The molecule has 0 unspecified atom stereocenters. The number of methoxy groups -OCH3 is 1. The predicted octanol–water partition coefficient (Wildman–Crippen LogP) is 3.01. The molecular weight excluding hydrogens is 292 g/mol. The lowest BCUT2D eigenvalue weighted by molar-refractivity contribution is 0.0954. The summed E-state index contributed by atoms with van der Waals surface area (Å²) in [5.74, 6) is 0.241. The number of carbonyl (C=O) groups excluding carboxylic acids is 2. The highest BCUT2D eigenvalue weighted by molar-refractivity contribution is 6.05. The molecule has 5 nitrogen and oxygen atoms in total. The first-order valence-electron chi connectivity index (χ1n) is 7.39. The van der Waals surface area contributed by atoms with Gasteiger partial charge < -0.3 is 15.4 Å². The van der Waals surface area contributed by atoms with Crippen molar-refractivity contribution in [2.24, 2.45) is 0 Å². The zero-order valence-electron chi connectivity index (χ0n) is 13.5. The minimum Gasteiger partial charge on any atom is -0.496 e. The molecule has 2 aromatic carbocycles. The van der Waals surface area contributed by atoms with Gasteiger partial charge in [0.05, 0.1) is 7.11 Å². The summed E-state index contributed by atoms with van der Waals surface area (Å²) >= 11 is 0. The van der Waals surface area contributed by atoms with Gasteiger partial charge in [-0.2, -0.15) is 0 Å². The van der Waals surface area contributed by atoms with Crippen molar-refractivity contribution in [3.05, 3.63) is 59.2 Å². The van der Waals surface area contributed by atoms with Crippen molar-refractivity contribution in [2.75, 3.05) is 19.0 Å². The van der Waals surface area contributed by atoms with Crippen LogP contribution >= 0.6 is 0 Å². The van der Waals surface area contributed by atoms with Crippen molar-refractivity contribution in [1.82, 2.24) is 5.32 Å². The van der Waals surface area contributed by atoms with E-state index in [4.69, 9.17) is 4.74 Å². The van der Waals surface area contributed by atoms with Gasteiger partial charge in [0.2, 0.25) is 0 Å². The third kappa shape index (κ3) is 4.10. The van der Waals surface area contributed by atoms with Crippen molar-refractivity contribution >= 4 is 17.5 Å². The molecule has 0 fully saturated rings. The maximum atomic E-state index is 12.3. The number of ether oxygens (including phenoxy) is 1. The summed E-state index contributed by atoms with van der Waals surface area (Å²) in [6.45, 7) is 4.32. The molecule has 0 aliphatic heterocycles. The summed E-state index contributed by atoms with van der Waals surface area (Å²) in [6, 6.07) is 12.1. The molecule has 0 spiro atoms. The van der Waals surface area contributed by atoms with E-state index in [1.807, 2.05) is 19.9 Å². The van der Waals surface area contributed by atoms with Gasteiger partial charge >= 0.3 is 0 Å². The fourth-order valence-corrected chi connectivity index (χ4v) is 2.17. The molecule has 23 heavy (non-hydrogen) atoms. The van der Waals surface area contributed by atoms with Crippen LogP contribution in [0.25, 0.3) is 0 Å². The first kappa shape index (κ1) is 16.5. The second kappa shape index (κ2) is 7.45. The predicted molar refractivity (Wildman–Crippen MR) is 90.1 cm³/mol. The molecule has 2 amide bonds. The lowest BCUT2D eigenvalue weighted by Gasteiger charge is -2.10. The number of hydrogen-bond acceptors (Lipinski definition) is 3. The van der Waals surface area contributed by atoms with E-state index in [1.165, 1.54) is 0 Å². The highest BCUT2D eigenvalue weighted by Crippen LogP contribution is 2.20. The van der Waals surface area contributed by atoms with Crippen molar-refractivity contribution in [3.8, 4) is 5.75 Å². The van der Waals surface area contributed by atoms with Crippen LogP contribution in [0.1, 0.15) is 33.2 Å². The Hall–Kier alpha value is -2.82. The van der Waals surface area contributed by atoms with Gasteiger partial charge in [-0.05, 0) is 49.7 Å². The zero-order valence-corrected chi connectivity index (χ0v) is 13.5. The van der Waals surface area contributed by atoms with E-state index >= 15 is 0 Å². The van der Waals surface area contributed by atoms with E-state index in [2.05, 4.69) is 10.6 Å². The quantitative estimate of drug-likeness (QED) is 0.892. The summed E-state index contributed by atoms with van der Waals surface area (Å²) in [4.78, 5) is 24.2. The molecule has 2 aromatic rings. The standard InChI is InChI=1S/C18H20N2O3/c1-4-19-17(21)13-6-5-7-15(10-13)20-18(22)14-9-8-12(2)16(11-14)23-3/h5-11H,4H2,1-3H3,(H,19,21)(H,20,22). The first-order chi connectivity index (χ1) is 11.0. The van der Waals surface area contributed by atoms with Crippen molar-refractivity contribution in [2.45, 2.75) is 13.8 Å². The number of amides is 2. The summed E-state index contributed by atoms with van der Waals surface area (Å²) < 4.78 is 5.23. The van der Waals surface area contributed by atoms with Crippen molar-refractivity contribution in [1.29, 1.82) is 0 Å². The molecule has 0 saturated carbocycles. The van der Waals surface area contributed by atoms with Gasteiger partial charge in [0, 0.05) is 23.4 Å². The van der Waals surface area contributed by atoms with E-state index in [1.54, 1.807) is 43.5 Å². The molecule has 0 bridgehead atoms. The molecule has 0 aliphatic rings. The maximum absolute atomic E-state index is 12.3. The Morgan fingerprint density at radius 1 is 1.04 bits per heavy atom. The lowest BCUT2D eigenvalue weighted by atomic mass is 10.1. The molecular formula is C18H20N2O3. The van der Waals surface area contributed by atoms with Crippen LogP contribution in [0.2, 0.25) is 0 Å². The normalized spacial score (nSPS) is 10.0. The minimum atomic E-state index is -0.253. The van der Waals surface area contributed by atoms with Gasteiger partial charge in [-0.15, -0.1) is 0 Å². The van der Waals surface area contributed by atoms with Crippen LogP contribution in [0.4, 0.5) is 5.69 Å². The first-order valence-corrected chi connectivity index (χ1v) is 7.39. The Labute approximate surface area is 135 Å². The molecule has 0 atom stereocenters. The van der Waals surface area contributed by atoms with Crippen LogP contribution in [-0.2, 0) is 0 Å². The SMILES string of the molecule is CCNC(=O)c1cccc(NC(=O)c2ccc(C)c(OC)c2)c1. The fourth-order valence-electron chi connectivity index (χ4n) is 2.17. The van der Waals surface area contributed by atoms with Gasteiger partial charge in [-0.1, -0.05) is 12.1 Å². The Morgan fingerprint density at radius 3 is 2.48 bits per heavy atom. The Morgan fingerprint density at radius 2 is 1.78 bits per heavy atom. The topological polar surface area (TPSA) is 67.4 Å². The summed E-state index contributed by atoms with van der Waals surface area (Å²) in [7, 11) is 1.57. The third-order valence-electron chi connectivity index (χ3n) is 3.39. The minimum absolute atomic E-state index is 0.166. The van der Waals surface area contributed by atoms with Gasteiger partial charge in [0.25, 0.3) is 11.8 Å². The smallest absolute Gasteiger partial charge is 0.255 e. The number of aryl methyl sites for hydroxylation is 1. The molecule has 5 heteroatoms. The Bertz CT molecular complexity index is 726. The third-order valence-corrected chi connectivity index (χ3v) is 3.39. The van der Waals surface area contributed by atoms with Gasteiger partial charge in [0.1, 0.15) is 5.75 Å². The maximum Gasteiger partial charge on any atom is 0.255 e. The molecule has 2 N–H and O–H groups in total. The highest BCUT2D eigenvalue weighted by Gasteiger charge is 2.10. The van der Waals surface area contributed by atoms with Crippen LogP contribution in [-0.4, -0.2) is 25.5 Å². The Balaban J connectivity index is 2.17. The molecule has 120 valence electrons. The number of anilines is 1. The van der Waals surface area contributed by atoms with Crippen LogP contribution in [0.3, 0.4) is 0 Å². The number of rotatable bonds is 5. The Kier molecular flexibility index (Phi) is 5.36. The molecule has 2 rings (SSSR count). The summed E-state index contributed by atoms with van der Waals surface area (Å²) in [5, 5.41) is 5.52.